The minimum Gasteiger partial charge on any atom is -0.506 e. The molecule has 0 atom stereocenters. The van der Waals surface area contributed by atoms with Gasteiger partial charge in [-0.25, -0.2) is 0 Å². The molecule has 82 valence electrons. The van der Waals surface area contributed by atoms with E-state index in [1.54, 1.807) is 0 Å². The van der Waals surface area contributed by atoms with Crippen LogP contribution in [-0.2, 0) is 6.42 Å². The van der Waals surface area contributed by atoms with Gasteiger partial charge in [-0.2, -0.15) is 0 Å². The number of halogens is 1. The van der Waals surface area contributed by atoms with Crippen molar-refractivity contribution in [2.45, 2.75) is 6.42 Å². The molecule has 0 spiro atoms. The molecule has 0 bridgehead atoms. The maximum absolute atomic E-state index is 9.57. The zero-order valence-corrected chi connectivity index (χ0v) is 8.88. The largest absolute Gasteiger partial charge is 0.506 e. The molecule has 0 saturated carbocycles. The Morgan fingerprint density at radius 3 is 2.87 bits per heavy atom. The predicted molar refractivity (Wildman–Crippen MR) is 56.9 cm³/mol. The van der Waals surface area contributed by atoms with Crippen LogP contribution in [-0.4, -0.2) is 24.9 Å². The van der Waals surface area contributed by atoms with Gasteiger partial charge in [-0.3, -0.25) is 0 Å². The van der Waals surface area contributed by atoms with Gasteiger partial charge in [0.15, 0.2) is 11.5 Å². The molecule has 0 unspecified atom stereocenters. The van der Waals surface area contributed by atoms with E-state index in [0.717, 1.165) is 0 Å². The zero-order chi connectivity index (χ0) is 10.8. The smallest absolute Gasteiger partial charge is 0.166 e. The summed E-state index contributed by atoms with van der Waals surface area (Å²) in [6, 6.07) is 1.47. The summed E-state index contributed by atoms with van der Waals surface area (Å²) in [5.74, 6) is 1.14. The molecule has 0 saturated heterocycles. The topological polar surface area (TPSA) is 64.7 Å². The molecule has 0 amide bonds. The Morgan fingerprint density at radius 1 is 1.40 bits per heavy atom. The third kappa shape index (κ3) is 1.82. The van der Waals surface area contributed by atoms with Gasteiger partial charge >= 0.3 is 0 Å². The number of phenolic OH excluding ortho intramolecular Hbond substituents is 1. The number of ether oxygens (including phenoxy) is 2. The number of nitrogens with two attached hydrogens (primary N) is 1. The van der Waals surface area contributed by atoms with Gasteiger partial charge in [-0.15, -0.1) is 0 Å². The lowest BCUT2D eigenvalue weighted by atomic mass is 10.1. The van der Waals surface area contributed by atoms with Crippen LogP contribution in [0.15, 0.2) is 6.07 Å². The van der Waals surface area contributed by atoms with Crippen molar-refractivity contribution in [3.8, 4) is 17.2 Å². The van der Waals surface area contributed by atoms with Crippen LogP contribution in [0.5, 0.6) is 17.2 Å². The van der Waals surface area contributed by atoms with E-state index in [-0.39, 0.29) is 5.75 Å². The third-order valence-corrected chi connectivity index (χ3v) is 2.66. The van der Waals surface area contributed by atoms with Gasteiger partial charge in [-0.1, -0.05) is 11.6 Å². The van der Waals surface area contributed by atoms with E-state index < -0.39 is 0 Å². The summed E-state index contributed by atoms with van der Waals surface area (Å²) in [5.41, 5.74) is 6.19. The van der Waals surface area contributed by atoms with Crippen molar-refractivity contribution >= 4 is 11.6 Å². The SMILES string of the molecule is NCCc1c(Cl)c(O)cc2c1OCCO2. The van der Waals surface area contributed by atoms with Crippen LogP contribution in [0.25, 0.3) is 0 Å². The van der Waals surface area contributed by atoms with E-state index in [9.17, 15) is 5.11 Å². The van der Waals surface area contributed by atoms with E-state index >= 15 is 0 Å². The molecule has 1 aromatic rings. The number of hydrogen-bond acceptors (Lipinski definition) is 4. The minimum atomic E-state index is 0.00404. The Bertz CT molecular complexity index is 381. The summed E-state index contributed by atoms with van der Waals surface area (Å²) in [6.45, 7) is 1.42. The standard InChI is InChI=1S/C10H12ClNO3/c11-9-6(1-2-12)10-8(5-7(9)13)14-3-4-15-10/h5,13H,1-4,12H2. The highest BCUT2D eigenvalue weighted by Crippen LogP contribution is 2.43. The van der Waals surface area contributed by atoms with Crippen LogP contribution in [0.4, 0.5) is 0 Å². The predicted octanol–water partition coefficient (Wildman–Crippen LogP) is 1.32. The molecular formula is C10H12ClNO3. The zero-order valence-electron chi connectivity index (χ0n) is 8.12. The number of hydrogen-bond donors (Lipinski definition) is 2. The van der Waals surface area contributed by atoms with Gasteiger partial charge in [0.1, 0.15) is 19.0 Å². The van der Waals surface area contributed by atoms with Crippen molar-refractivity contribution in [1.82, 2.24) is 0 Å². The van der Waals surface area contributed by atoms with Crippen molar-refractivity contribution in [3.05, 3.63) is 16.7 Å². The number of aromatic hydroxyl groups is 1. The van der Waals surface area contributed by atoms with Crippen LogP contribution in [0.2, 0.25) is 5.02 Å². The molecule has 1 aromatic carbocycles. The lowest BCUT2D eigenvalue weighted by Crippen LogP contribution is -2.17. The van der Waals surface area contributed by atoms with Crippen LogP contribution in [0.3, 0.4) is 0 Å². The number of fused-ring (bicyclic) bond motifs is 1. The molecule has 0 aliphatic carbocycles. The molecule has 1 aliphatic rings. The lowest BCUT2D eigenvalue weighted by Gasteiger charge is -2.22. The fraction of sp³-hybridized carbons (Fsp3) is 0.400. The molecule has 2 rings (SSSR count). The minimum absolute atomic E-state index is 0.00404. The molecule has 1 heterocycles. The molecule has 15 heavy (non-hydrogen) atoms. The Morgan fingerprint density at radius 2 is 2.13 bits per heavy atom. The van der Waals surface area contributed by atoms with Gasteiger partial charge < -0.3 is 20.3 Å². The Labute approximate surface area is 92.5 Å². The quantitative estimate of drug-likeness (QED) is 0.803. The van der Waals surface area contributed by atoms with Crippen molar-refractivity contribution in [3.63, 3.8) is 0 Å². The number of phenols is 1. The van der Waals surface area contributed by atoms with Crippen LogP contribution >= 0.6 is 11.6 Å². The van der Waals surface area contributed by atoms with Gasteiger partial charge in [0, 0.05) is 11.6 Å². The molecule has 3 N–H and O–H groups in total. The Kier molecular flexibility index (Phi) is 2.88. The highest BCUT2D eigenvalue weighted by Gasteiger charge is 2.21. The monoisotopic (exact) mass is 229 g/mol. The first kappa shape index (κ1) is 10.4. The average Bonchev–Trinajstić information content (AvgIpc) is 2.25. The lowest BCUT2D eigenvalue weighted by molar-refractivity contribution is 0.169. The molecule has 0 fully saturated rings. The first-order valence-corrected chi connectivity index (χ1v) is 5.12. The highest BCUT2D eigenvalue weighted by molar-refractivity contribution is 6.33. The van der Waals surface area contributed by atoms with Gasteiger partial charge in [0.25, 0.3) is 0 Å². The van der Waals surface area contributed by atoms with E-state index in [4.69, 9.17) is 26.8 Å². The summed E-state index contributed by atoms with van der Waals surface area (Å²) < 4.78 is 10.8. The van der Waals surface area contributed by atoms with E-state index in [1.807, 2.05) is 0 Å². The fourth-order valence-electron chi connectivity index (χ4n) is 1.58. The van der Waals surface area contributed by atoms with Crippen molar-refractivity contribution in [1.29, 1.82) is 0 Å². The fourth-order valence-corrected chi connectivity index (χ4v) is 1.82. The Hall–Kier alpha value is -1.13. The summed E-state index contributed by atoms with van der Waals surface area (Å²) in [6.07, 6.45) is 0.554. The van der Waals surface area contributed by atoms with Gasteiger partial charge in [0.05, 0.1) is 5.02 Å². The van der Waals surface area contributed by atoms with Crippen LogP contribution in [0, 0.1) is 0 Å². The Balaban J connectivity index is 2.52. The van der Waals surface area contributed by atoms with Crippen molar-refractivity contribution in [2.24, 2.45) is 5.73 Å². The second-order valence-corrected chi connectivity index (χ2v) is 3.63. The molecule has 4 nitrogen and oxygen atoms in total. The highest BCUT2D eigenvalue weighted by atomic mass is 35.5. The van der Waals surface area contributed by atoms with Gasteiger partial charge in [0.2, 0.25) is 0 Å². The summed E-state index contributed by atoms with van der Waals surface area (Å²) in [5, 5.41) is 9.87. The van der Waals surface area contributed by atoms with Crippen LogP contribution in [0.1, 0.15) is 5.56 Å². The second-order valence-electron chi connectivity index (χ2n) is 3.25. The molecule has 0 radical (unpaired) electrons. The van der Waals surface area contributed by atoms with Crippen molar-refractivity contribution in [2.75, 3.05) is 19.8 Å². The summed E-state index contributed by atoms with van der Waals surface area (Å²) in [4.78, 5) is 0. The molecule has 5 heteroatoms. The van der Waals surface area contributed by atoms with E-state index in [2.05, 4.69) is 0 Å². The average molecular weight is 230 g/mol. The maximum atomic E-state index is 9.57. The second kappa shape index (κ2) is 4.16. The summed E-state index contributed by atoms with van der Waals surface area (Å²) >= 11 is 5.97. The molecule has 0 aromatic heterocycles. The first-order chi connectivity index (χ1) is 7.24. The van der Waals surface area contributed by atoms with Crippen molar-refractivity contribution < 1.29 is 14.6 Å². The maximum Gasteiger partial charge on any atom is 0.166 e. The first-order valence-electron chi connectivity index (χ1n) is 4.74. The normalized spacial score (nSPS) is 14.0. The molecular weight excluding hydrogens is 218 g/mol. The van der Waals surface area contributed by atoms with E-state index in [1.165, 1.54) is 6.07 Å². The summed E-state index contributed by atoms with van der Waals surface area (Å²) in [7, 11) is 0. The van der Waals surface area contributed by atoms with Gasteiger partial charge in [-0.05, 0) is 13.0 Å². The third-order valence-electron chi connectivity index (χ3n) is 2.24. The number of rotatable bonds is 2. The number of benzene rings is 1. The molecule has 1 aliphatic heterocycles. The van der Waals surface area contributed by atoms with E-state index in [0.29, 0.717) is 48.3 Å². The van der Waals surface area contributed by atoms with Crippen LogP contribution < -0.4 is 15.2 Å².